The molecule has 2 aromatic rings. The van der Waals surface area contributed by atoms with Gasteiger partial charge in [0.25, 0.3) is 5.91 Å². The van der Waals surface area contributed by atoms with Crippen LogP contribution < -0.4 is 24.6 Å². The van der Waals surface area contributed by atoms with Gasteiger partial charge >= 0.3 is 13.9 Å². The Morgan fingerprint density at radius 1 is 1.00 bits per heavy atom. The van der Waals surface area contributed by atoms with Crippen molar-refractivity contribution in [3.63, 3.8) is 0 Å². The minimum absolute atomic E-state index is 0.0509. The minimum Gasteiger partial charge on any atom is -0.472 e. The van der Waals surface area contributed by atoms with Gasteiger partial charge in [0.15, 0.2) is 0 Å². The first-order valence-electron chi connectivity index (χ1n) is 22.9. The molecule has 5 fully saturated rings. The van der Waals surface area contributed by atoms with Crippen LogP contribution in [0.3, 0.4) is 0 Å². The van der Waals surface area contributed by atoms with Gasteiger partial charge in [0.05, 0.1) is 36.1 Å². The first-order valence-corrected chi connectivity index (χ1v) is 25.9. The second-order valence-electron chi connectivity index (χ2n) is 17.8. The molecular formula is C45H60N5O12PS. The Bertz CT molecular complexity index is 2310. The summed E-state index contributed by atoms with van der Waals surface area (Å²) in [5, 5.41) is 5.64. The van der Waals surface area contributed by atoms with Gasteiger partial charge in [-0.3, -0.25) is 28.2 Å². The third-order valence-electron chi connectivity index (χ3n) is 13.5. The lowest BCUT2D eigenvalue weighted by molar-refractivity contribution is -0.142. The number of pyridine rings is 1. The number of benzene rings is 1. The largest absolute Gasteiger partial charge is 0.530 e. The van der Waals surface area contributed by atoms with Crippen molar-refractivity contribution < 1.29 is 55.2 Å². The normalized spacial score (nSPS) is 29.6. The highest BCUT2D eigenvalue weighted by Gasteiger charge is 2.62. The van der Waals surface area contributed by atoms with Crippen molar-refractivity contribution >= 4 is 52.6 Å². The van der Waals surface area contributed by atoms with Crippen LogP contribution in [0.15, 0.2) is 49.1 Å². The molecule has 1 aromatic heterocycles. The van der Waals surface area contributed by atoms with E-state index in [0.29, 0.717) is 55.0 Å². The van der Waals surface area contributed by atoms with Gasteiger partial charge in [-0.1, -0.05) is 43.2 Å². The number of hydrogen-bond donors (Lipinski definition) is 3. The number of para-hydroxylation sites is 1. The number of phosphoric acid groups is 1. The van der Waals surface area contributed by atoms with Crippen LogP contribution in [0, 0.1) is 17.8 Å². The Hall–Kier alpha value is -4.51. The predicted octanol–water partition coefficient (Wildman–Crippen LogP) is 6.16. The van der Waals surface area contributed by atoms with Crippen molar-refractivity contribution in [2.45, 2.75) is 139 Å². The van der Waals surface area contributed by atoms with Gasteiger partial charge in [-0.25, -0.2) is 22.8 Å². The first kappa shape index (κ1) is 46.0. The van der Waals surface area contributed by atoms with Crippen molar-refractivity contribution in [1.29, 1.82) is 0 Å². The molecule has 4 aliphatic carbocycles. The highest BCUT2D eigenvalue weighted by molar-refractivity contribution is 7.91. The summed E-state index contributed by atoms with van der Waals surface area (Å²) in [5.74, 6) is -2.42. The topological polar surface area (TPSA) is 218 Å². The minimum atomic E-state index is -4.15. The molecule has 348 valence electrons. The highest BCUT2D eigenvalue weighted by Crippen LogP contribution is 2.53. The molecule has 0 unspecified atom stereocenters. The molecular weight excluding hydrogens is 866 g/mol. The number of carbonyl (C=O) groups is 4. The first-order chi connectivity index (χ1) is 30.8. The number of rotatable bonds is 13. The number of nitrogens with one attached hydrogen (secondary N) is 3. The maximum atomic E-state index is 15.1. The number of fused-ring (bicyclic) bond motifs is 5. The van der Waals surface area contributed by atoms with Crippen molar-refractivity contribution in [3.8, 4) is 11.6 Å². The van der Waals surface area contributed by atoms with Gasteiger partial charge in [-0.05, 0) is 108 Å². The molecule has 19 heteroatoms. The van der Waals surface area contributed by atoms with Crippen LogP contribution in [0.2, 0.25) is 0 Å². The Balaban J connectivity index is 1.19. The maximum Gasteiger partial charge on any atom is 0.530 e. The summed E-state index contributed by atoms with van der Waals surface area (Å²) >= 11 is 0. The fourth-order valence-electron chi connectivity index (χ4n) is 9.92. The van der Waals surface area contributed by atoms with Gasteiger partial charge in [0.2, 0.25) is 27.7 Å². The zero-order valence-corrected chi connectivity index (χ0v) is 38.2. The van der Waals surface area contributed by atoms with E-state index >= 15 is 4.79 Å². The van der Waals surface area contributed by atoms with Crippen LogP contribution in [-0.2, 0) is 49.2 Å². The molecule has 6 aliphatic rings. The number of alkyl carbamates (subject to hydrolysis) is 1. The number of phosphoric ester groups is 1. The number of sulfonamides is 1. The van der Waals surface area contributed by atoms with E-state index in [4.69, 9.17) is 28.0 Å². The number of hydrogen-bond acceptors (Lipinski definition) is 13. The second-order valence-corrected chi connectivity index (χ2v) is 21.4. The Morgan fingerprint density at radius 3 is 2.44 bits per heavy atom. The molecule has 2 bridgehead atoms. The monoisotopic (exact) mass is 925 g/mol. The van der Waals surface area contributed by atoms with Gasteiger partial charge in [0.1, 0.15) is 35.6 Å². The van der Waals surface area contributed by atoms with Crippen LogP contribution in [-0.4, -0.2) is 97.0 Å². The number of nitrogens with zero attached hydrogens (tertiary/aromatic N) is 2. The van der Waals surface area contributed by atoms with E-state index in [1.807, 2.05) is 18.2 Å². The number of carbonyl (C=O) groups excluding carboxylic acids is 4. The van der Waals surface area contributed by atoms with Crippen molar-refractivity contribution in [2.75, 3.05) is 19.8 Å². The van der Waals surface area contributed by atoms with E-state index < -0.39 is 76.6 Å². The Morgan fingerprint density at radius 2 is 1.73 bits per heavy atom. The van der Waals surface area contributed by atoms with Crippen LogP contribution >= 0.6 is 7.82 Å². The molecule has 3 heterocycles. The molecule has 1 saturated heterocycles. The molecule has 1 aromatic carbocycles. The van der Waals surface area contributed by atoms with E-state index in [0.717, 1.165) is 32.1 Å². The number of amides is 4. The molecule has 3 N–H and O–H groups in total. The van der Waals surface area contributed by atoms with Crippen LogP contribution in [0.1, 0.15) is 103 Å². The third-order valence-corrected chi connectivity index (χ3v) is 16.9. The van der Waals surface area contributed by atoms with Gasteiger partial charge < -0.3 is 29.5 Å². The molecule has 4 amide bonds. The average molecular weight is 926 g/mol. The predicted molar refractivity (Wildman–Crippen MR) is 236 cm³/mol. The summed E-state index contributed by atoms with van der Waals surface area (Å²) in [7, 11) is -8.10. The molecule has 0 radical (unpaired) electrons. The number of aromatic nitrogens is 1. The van der Waals surface area contributed by atoms with E-state index in [2.05, 4.69) is 21.9 Å². The Kier molecular flexibility index (Phi) is 13.8. The molecule has 2 aliphatic heterocycles. The highest BCUT2D eigenvalue weighted by atomic mass is 32.2. The van der Waals surface area contributed by atoms with Gasteiger partial charge in [0, 0.05) is 17.7 Å². The molecule has 7 atom stereocenters. The van der Waals surface area contributed by atoms with E-state index in [9.17, 15) is 27.4 Å². The van der Waals surface area contributed by atoms with Gasteiger partial charge in [-0.15, -0.1) is 6.58 Å². The lowest BCUT2D eigenvalue weighted by Crippen LogP contribution is -2.59. The SMILES string of the molecule is C=C[C@@H]1C[C@]1(NC(=O)[C@@H]1C[C@@H]2CN1C(=O)[C@H](C1CCCC1)NC(=O)O[C@@H]1CCC[C@H]1CC/C=C\Cc1c(nc3ccccc3c1OP(=O)(OCC)OCC)O2)C(=O)NS(=O)(=O)C1CC1. The van der Waals surface area contributed by atoms with Crippen molar-refractivity contribution in [3.05, 3.63) is 54.6 Å². The fourth-order valence-corrected chi connectivity index (χ4v) is 12.5. The Labute approximate surface area is 374 Å². The molecule has 4 saturated carbocycles. The van der Waals surface area contributed by atoms with Crippen LogP contribution in [0.25, 0.3) is 10.9 Å². The van der Waals surface area contributed by atoms with Crippen LogP contribution in [0.5, 0.6) is 11.6 Å². The second kappa shape index (κ2) is 19.1. The molecule has 0 spiro atoms. The number of ether oxygens (including phenoxy) is 2. The number of allylic oxidation sites excluding steroid dienone is 2. The van der Waals surface area contributed by atoms with Crippen molar-refractivity contribution in [2.24, 2.45) is 17.8 Å². The van der Waals surface area contributed by atoms with Crippen molar-refractivity contribution in [1.82, 2.24) is 25.2 Å². The lowest BCUT2D eigenvalue weighted by atomic mass is 9.96. The zero-order chi connectivity index (χ0) is 45.2. The maximum absolute atomic E-state index is 15.1. The standard InChI is InChI=1S/C45H60N5O12PS/c1-4-30-26-45(30,43(53)49-64(56,57)32-23-24-32)48-40(51)36-25-31-27-50(36)42(52)38(29-16-10-11-17-29)47-44(54)61-37-22-14-18-28(37)15-8-7-9-20-34-39(62-63(55,58-5-2)59-6-3)33-19-12-13-21-35(33)46-41(34)60-31/h4,7,9,12-13,19,21,28-32,36-38H,1,5-6,8,10-11,14-18,20,22-27H2,2-3H3,(H,47,54)(H,48,51)(H,49,53)/b9-7-/t28-,30-,31-,36+,37-,38+,45-/m1/s1. The summed E-state index contributed by atoms with van der Waals surface area (Å²) in [6.07, 6.45) is 11.8. The van der Waals surface area contributed by atoms with E-state index in [-0.39, 0.29) is 68.6 Å². The third kappa shape index (κ3) is 9.85. The van der Waals surface area contributed by atoms with Gasteiger partial charge in [-0.2, -0.15) is 0 Å². The summed E-state index contributed by atoms with van der Waals surface area (Å²) < 4.78 is 72.3. The quantitative estimate of drug-likeness (QED) is 0.152. The summed E-state index contributed by atoms with van der Waals surface area (Å²) in [4.78, 5) is 63.6. The molecule has 8 rings (SSSR count). The fraction of sp³-hybridized carbons (Fsp3) is 0.622. The summed E-state index contributed by atoms with van der Waals surface area (Å²) in [6, 6.07) is 4.92. The molecule has 17 nitrogen and oxygen atoms in total. The smallest absolute Gasteiger partial charge is 0.472 e. The average Bonchev–Trinajstić information content (AvgIpc) is 4.05. The lowest BCUT2D eigenvalue weighted by Gasteiger charge is -2.32. The van der Waals surface area contributed by atoms with Crippen LogP contribution in [0.4, 0.5) is 4.79 Å². The van der Waals surface area contributed by atoms with E-state index in [1.54, 1.807) is 32.0 Å². The summed E-state index contributed by atoms with van der Waals surface area (Å²) in [5.41, 5.74) is -0.706. The summed E-state index contributed by atoms with van der Waals surface area (Å²) in [6.45, 7) is 7.18. The van der Waals surface area contributed by atoms with E-state index in [1.165, 1.54) is 11.0 Å². The zero-order valence-electron chi connectivity index (χ0n) is 36.5. The molecule has 64 heavy (non-hydrogen) atoms.